The molecule has 1 atom stereocenters. The number of ketones is 1. The van der Waals surface area contributed by atoms with Crippen molar-refractivity contribution in [1.82, 2.24) is 9.97 Å². The van der Waals surface area contributed by atoms with Gasteiger partial charge in [-0.15, -0.1) is 0 Å². The Morgan fingerprint density at radius 3 is 2.58 bits per heavy atom. The number of hydrogen-bond acceptors (Lipinski definition) is 6. The van der Waals surface area contributed by atoms with Crippen LogP contribution in [0.4, 0.5) is 11.6 Å². The molecule has 0 radical (unpaired) electrons. The van der Waals surface area contributed by atoms with Crippen molar-refractivity contribution in [1.29, 1.82) is 5.41 Å². The van der Waals surface area contributed by atoms with Crippen LogP contribution in [0.25, 0.3) is 0 Å². The first-order chi connectivity index (χ1) is 12.5. The van der Waals surface area contributed by atoms with Gasteiger partial charge in [0.05, 0.1) is 11.3 Å². The second kappa shape index (κ2) is 7.47. The summed E-state index contributed by atoms with van der Waals surface area (Å²) in [5.74, 6) is 0.791. The molecule has 6 heteroatoms. The Kier molecular flexibility index (Phi) is 5.11. The van der Waals surface area contributed by atoms with Crippen LogP contribution < -0.4 is 11.1 Å². The SMILES string of the molecule is C=C1CCCCC1Nc1ncnc(N)c1C(=N)c1ccc(C(C)=O)cc1. The van der Waals surface area contributed by atoms with Crippen LogP contribution in [0.3, 0.4) is 0 Å². The third-order valence-corrected chi connectivity index (χ3v) is 4.75. The number of benzene rings is 1. The lowest BCUT2D eigenvalue weighted by atomic mass is 9.91. The maximum atomic E-state index is 11.4. The van der Waals surface area contributed by atoms with Gasteiger partial charge in [-0.05, 0) is 26.2 Å². The normalized spacial score (nSPS) is 17.0. The molecule has 1 fully saturated rings. The molecule has 0 aliphatic heterocycles. The highest BCUT2D eigenvalue weighted by Crippen LogP contribution is 2.28. The third-order valence-electron chi connectivity index (χ3n) is 4.75. The number of nitrogens with two attached hydrogens (primary N) is 1. The second-order valence-electron chi connectivity index (χ2n) is 6.59. The fraction of sp³-hybridized carbons (Fsp3) is 0.300. The summed E-state index contributed by atoms with van der Waals surface area (Å²) < 4.78 is 0. The van der Waals surface area contributed by atoms with E-state index in [0.717, 1.165) is 31.3 Å². The quantitative estimate of drug-likeness (QED) is 0.435. The van der Waals surface area contributed by atoms with E-state index >= 15 is 0 Å². The van der Waals surface area contributed by atoms with Crippen molar-refractivity contribution >= 4 is 23.1 Å². The molecule has 0 spiro atoms. The Morgan fingerprint density at radius 2 is 1.92 bits per heavy atom. The minimum atomic E-state index is -0.0104. The Morgan fingerprint density at radius 1 is 1.23 bits per heavy atom. The maximum absolute atomic E-state index is 11.4. The van der Waals surface area contributed by atoms with Gasteiger partial charge in [-0.1, -0.05) is 42.8 Å². The molecule has 1 aliphatic rings. The summed E-state index contributed by atoms with van der Waals surface area (Å²) in [7, 11) is 0. The van der Waals surface area contributed by atoms with E-state index in [1.165, 1.54) is 13.3 Å². The van der Waals surface area contributed by atoms with Crippen molar-refractivity contribution in [2.24, 2.45) is 0 Å². The van der Waals surface area contributed by atoms with E-state index in [9.17, 15) is 4.79 Å². The summed E-state index contributed by atoms with van der Waals surface area (Å²) in [5.41, 5.74) is 9.18. The number of nitrogens with one attached hydrogen (secondary N) is 2. The molecular weight excluding hydrogens is 326 g/mol. The first-order valence-electron chi connectivity index (χ1n) is 8.72. The molecule has 1 aliphatic carbocycles. The molecule has 1 saturated carbocycles. The van der Waals surface area contributed by atoms with Crippen molar-refractivity contribution in [3.8, 4) is 0 Å². The van der Waals surface area contributed by atoms with Gasteiger partial charge < -0.3 is 11.1 Å². The molecule has 26 heavy (non-hydrogen) atoms. The maximum Gasteiger partial charge on any atom is 0.159 e. The summed E-state index contributed by atoms with van der Waals surface area (Å²) in [6.45, 7) is 5.67. The van der Waals surface area contributed by atoms with Gasteiger partial charge in [-0.2, -0.15) is 0 Å². The number of Topliss-reactive ketones (excluding diaryl/α,β-unsaturated/α-hetero) is 1. The van der Waals surface area contributed by atoms with E-state index in [0.29, 0.717) is 22.5 Å². The van der Waals surface area contributed by atoms with E-state index in [2.05, 4.69) is 21.9 Å². The zero-order chi connectivity index (χ0) is 18.7. The summed E-state index contributed by atoms with van der Waals surface area (Å²) in [5, 5.41) is 12.0. The van der Waals surface area contributed by atoms with Crippen LogP contribution in [0.2, 0.25) is 0 Å². The number of carbonyl (C=O) groups is 1. The number of aromatic nitrogens is 2. The molecule has 0 amide bonds. The summed E-state index contributed by atoms with van der Waals surface area (Å²) in [6.07, 6.45) is 5.68. The molecule has 2 aromatic rings. The largest absolute Gasteiger partial charge is 0.383 e. The summed E-state index contributed by atoms with van der Waals surface area (Å²) >= 11 is 0. The van der Waals surface area contributed by atoms with Crippen molar-refractivity contribution in [2.75, 3.05) is 11.1 Å². The van der Waals surface area contributed by atoms with Crippen LogP contribution in [0.5, 0.6) is 0 Å². The fourth-order valence-electron chi connectivity index (χ4n) is 3.19. The van der Waals surface area contributed by atoms with Crippen LogP contribution >= 0.6 is 0 Å². The standard InChI is InChI=1S/C20H23N5O/c1-12-5-3-4-6-16(12)25-20-17(19(22)23-11-24-20)18(21)15-9-7-14(8-10-15)13(2)26/h7-11,16,21H,1,3-6H2,2H3,(H3,22,23,24,25). The van der Waals surface area contributed by atoms with Gasteiger partial charge >= 0.3 is 0 Å². The molecule has 4 N–H and O–H groups in total. The predicted octanol–water partition coefficient (Wildman–Crippen LogP) is 3.59. The van der Waals surface area contributed by atoms with Crippen LogP contribution in [-0.4, -0.2) is 27.5 Å². The zero-order valence-corrected chi connectivity index (χ0v) is 14.9. The molecule has 1 aromatic carbocycles. The number of carbonyl (C=O) groups excluding carboxylic acids is 1. The molecule has 1 unspecified atom stereocenters. The highest BCUT2D eigenvalue weighted by molar-refractivity contribution is 6.16. The number of nitrogens with zero attached hydrogens (tertiary/aromatic N) is 2. The highest BCUT2D eigenvalue weighted by Gasteiger charge is 2.22. The van der Waals surface area contributed by atoms with Crippen molar-refractivity contribution in [2.45, 2.75) is 38.6 Å². The molecule has 1 heterocycles. The van der Waals surface area contributed by atoms with Gasteiger partial charge in [0, 0.05) is 17.2 Å². The van der Waals surface area contributed by atoms with Crippen LogP contribution in [-0.2, 0) is 0 Å². The van der Waals surface area contributed by atoms with Gasteiger partial charge in [0.25, 0.3) is 0 Å². The fourth-order valence-corrected chi connectivity index (χ4v) is 3.19. The molecule has 134 valence electrons. The average molecular weight is 349 g/mol. The molecule has 6 nitrogen and oxygen atoms in total. The van der Waals surface area contributed by atoms with Crippen molar-refractivity contribution in [3.63, 3.8) is 0 Å². The smallest absolute Gasteiger partial charge is 0.159 e. The average Bonchev–Trinajstić information content (AvgIpc) is 2.63. The first-order valence-corrected chi connectivity index (χ1v) is 8.72. The predicted molar refractivity (Wildman–Crippen MR) is 104 cm³/mol. The molecule has 1 aromatic heterocycles. The lowest BCUT2D eigenvalue weighted by Gasteiger charge is -2.27. The number of nitrogen functional groups attached to an aromatic ring is 1. The minimum absolute atomic E-state index is 0.0104. The lowest BCUT2D eigenvalue weighted by molar-refractivity contribution is 0.101. The third kappa shape index (κ3) is 3.64. The number of anilines is 2. The van der Waals surface area contributed by atoms with E-state index < -0.39 is 0 Å². The Bertz CT molecular complexity index is 857. The minimum Gasteiger partial charge on any atom is -0.383 e. The highest BCUT2D eigenvalue weighted by atomic mass is 16.1. The molecule has 0 saturated heterocycles. The Hall–Kier alpha value is -3.02. The topological polar surface area (TPSA) is 105 Å². The van der Waals surface area contributed by atoms with E-state index in [4.69, 9.17) is 11.1 Å². The van der Waals surface area contributed by atoms with Crippen molar-refractivity contribution < 1.29 is 4.79 Å². The summed E-state index contributed by atoms with van der Waals surface area (Å²) in [6, 6.07) is 7.04. The Labute approximate surface area is 153 Å². The summed E-state index contributed by atoms with van der Waals surface area (Å²) in [4.78, 5) is 19.8. The van der Waals surface area contributed by atoms with Crippen molar-refractivity contribution in [3.05, 3.63) is 59.4 Å². The van der Waals surface area contributed by atoms with Gasteiger partial charge in [-0.3, -0.25) is 10.2 Å². The van der Waals surface area contributed by atoms with Crippen LogP contribution in [0.15, 0.2) is 42.7 Å². The van der Waals surface area contributed by atoms with Gasteiger partial charge in [0.1, 0.15) is 18.0 Å². The van der Waals surface area contributed by atoms with Gasteiger partial charge in [0.2, 0.25) is 0 Å². The van der Waals surface area contributed by atoms with E-state index in [1.54, 1.807) is 24.3 Å². The van der Waals surface area contributed by atoms with Gasteiger partial charge in [-0.25, -0.2) is 9.97 Å². The van der Waals surface area contributed by atoms with Crippen LogP contribution in [0, 0.1) is 5.41 Å². The molecule has 0 bridgehead atoms. The monoisotopic (exact) mass is 349 g/mol. The second-order valence-corrected chi connectivity index (χ2v) is 6.59. The van der Waals surface area contributed by atoms with Gasteiger partial charge in [0.15, 0.2) is 5.78 Å². The molecular formula is C20H23N5O. The molecule has 3 rings (SSSR count). The Balaban J connectivity index is 1.92. The first kappa shape index (κ1) is 17.8. The number of rotatable bonds is 5. The zero-order valence-electron chi connectivity index (χ0n) is 14.9. The van der Waals surface area contributed by atoms with E-state index in [1.807, 2.05) is 0 Å². The number of hydrogen-bond donors (Lipinski definition) is 3. The van der Waals surface area contributed by atoms with Crippen LogP contribution in [0.1, 0.15) is 54.1 Å². The van der Waals surface area contributed by atoms with E-state index in [-0.39, 0.29) is 23.4 Å². The lowest BCUT2D eigenvalue weighted by Crippen LogP contribution is -2.27.